The van der Waals surface area contributed by atoms with Gasteiger partial charge in [-0.3, -0.25) is 20.5 Å². The van der Waals surface area contributed by atoms with Crippen LogP contribution in [0.15, 0.2) is 27.8 Å². The highest BCUT2D eigenvalue weighted by Gasteiger charge is 2.50. The van der Waals surface area contributed by atoms with Crippen molar-refractivity contribution in [3.63, 3.8) is 0 Å². The molecule has 0 aliphatic carbocycles. The van der Waals surface area contributed by atoms with Gasteiger partial charge in [0.2, 0.25) is 0 Å². The number of nitrogens with one attached hydrogen (secondary N) is 4. The van der Waals surface area contributed by atoms with Crippen LogP contribution >= 0.6 is 15.9 Å². The van der Waals surface area contributed by atoms with Gasteiger partial charge >= 0.3 is 0 Å². The maximum absolute atomic E-state index is 4.55. The lowest BCUT2D eigenvalue weighted by atomic mass is 9.98. The molecule has 4 unspecified atom stereocenters. The van der Waals surface area contributed by atoms with Crippen LogP contribution in [-0.4, -0.2) is 59.9 Å². The Morgan fingerprint density at radius 1 is 1.26 bits per heavy atom. The molecule has 0 aromatic heterocycles. The standard InChI is InChI=1S/C22H37BrN8/c1-6-8-11-29(7-2)21-20-22(25-15(5)24-21)30(13-19-26-27-28-31(19)20)18-10-9-16(14(3)4)12-17(18)23/h9-10,12,14-15,20-22,24-25,27-28H,6-8,11,13H2,1-5H3. The van der Waals surface area contributed by atoms with E-state index in [0.717, 1.165) is 29.9 Å². The molecule has 2 fully saturated rings. The molecule has 3 aliphatic rings. The van der Waals surface area contributed by atoms with E-state index in [1.54, 1.807) is 0 Å². The molecular formula is C22H37BrN8. The molecule has 2 saturated heterocycles. The minimum atomic E-state index is 0.129. The molecule has 31 heavy (non-hydrogen) atoms. The molecule has 172 valence electrons. The summed E-state index contributed by atoms with van der Waals surface area (Å²) in [5.41, 5.74) is 8.82. The third-order valence-electron chi connectivity index (χ3n) is 6.61. The molecule has 0 radical (unpaired) electrons. The van der Waals surface area contributed by atoms with Crippen LogP contribution in [0.25, 0.3) is 0 Å². The molecule has 1 aromatic rings. The molecule has 8 nitrogen and oxygen atoms in total. The smallest absolute Gasteiger partial charge is 0.162 e. The average molecular weight is 493 g/mol. The monoisotopic (exact) mass is 492 g/mol. The van der Waals surface area contributed by atoms with Gasteiger partial charge in [0, 0.05) is 4.47 Å². The highest BCUT2D eigenvalue weighted by Crippen LogP contribution is 2.35. The van der Waals surface area contributed by atoms with Crippen molar-refractivity contribution in [2.75, 3.05) is 24.5 Å². The summed E-state index contributed by atoms with van der Waals surface area (Å²) in [6.07, 6.45) is 2.93. The Hall–Kier alpha value is -1.39. The van der Waals surface area contributed by atoms with Crippen LogP contribution in [0.2, 0.25) is 0 Å². The van der Waals surface area contributed by atoms with Gasteiger partial charge < -0.3 is 4.90 Å². The number of fused-ring (bicyclic) bond motifs is 3. The summed E-state index contributed by atoms with van der Waals surface area (Å²) in [5.74, 6) is 1.51. The Morgan fingerprint density at radius 2 is 2.06 bits per heavy atom. The number of hydrazine groups is 2. The van der Waals surface area contributed by atoms with Crippen molar-refractivity contribution in [2.24, 2.45) is 5.10 Å². The van der Waals surface area contributed by atoms with Gasteiger partial charge in [0.25, 0.3) is 0 Å². The number of likely N-dealkylation sites (N-methyl/N-ethyl adjacent to an activating group) is 1. The van der Waals surface area contributed by atoms with Crippen molar-refractivity contribution in [2.45, 2.75) is 77.9 Å². The SMILES string of the molecule is CCCCN(CC)C1NC(C)NC2C1N1NNN=C1CN2c1ccc(C(C)C)cc1Br. The molecular weight excluding hydrogens is 456 g/mol. The lowest BCUT2D eigenvalue weighted by molar-refractivity contribution is 0.00193. The van der Waals surface area contributed by atoms with Gasteiger partial charge in [0.05, 0.1) is 24.6 Å². The summed E-state index contributed by atoms with van der Waals surface area (Å²) in [5, 5.41) is 14.4. The van der Waals surface area contributed by atoms with Gasteiger partial charge in [-0.1, -0.05) is 40.2 Å². The van der Waals surface area contributed by atoms with E-state index in [1.165, 1.54) is 24.1 Å². The molecule has 0 amide bonds. The van der Waals surface area contributed by atoms with Crippen molar-refractivity contribution < 1.29 is 0 Å². The minimum Gasteiger partial charge on any atom is -0.345 e. The van der Waals surface area contributed by atoms with Crippen LogP contribution < -0.4 is 26.6 Å². The van der Waals surface area contributed by atoms with E-state index in [1.807, 2.05) is 0 Å². The number of amidine groups is 1. The van der Waals surface area contributed by atoms with E-state index >= 15 is 0 Å². The molecule has 4 rings (SSSR count). The number of hydrogen-bond donors (Lipinski definition) is 4. The Bertz CT molecular complexity index is 800. The largest absolute Gasteiger partial charge is 0.345 e. The zero-order valence-electron chi connectivity index (χ0n) is 19.3. The van der Waals surface area contributed by atoms with Crippen molar-refractivity contribution in [3.8, 4) is 0 Å². The second kappa shape index (κ2) is 9.62. The summed E-state index contributed by atoms with van der Waals surface area (Å²) in [7, 11) is 0. The summed E-state index contributed by atoms with van der Waals surface area (Å²) in [6.45, 7) is 14.0. The fourth-order valence-corrected chi connectivity index (χ4v) is 5.51. The maximum Gasteiger partial charge on any atom is 0.162 e. The first-order valence-electron chi connectivity index (χ1n) is 11.6. The van der Waals surface area contributed by atoms with Crippen LogP contribution in [-0.2, 0) is 0 Å². The topological polar surface area (TPSA) is 70.2 Å². The van der Waals surface area contributed by atoms with E-state index in [2.05, 4.69) is 110 Å². The third-order valence-corrected chi connectivity index (χ3v) is 7.25. The summed E-state index contributed by atoms with van der Waals surface area (Å²) in [4.78, 5) is 5.03. The Labute approximate surface area is 194 Å². The number of hydrazone groups is 1. The molecule has 4 atom stereocenters. The van der Waals surface area contributed by atoms with Crippen LogP contribution in [0.1, 0.15) is 58.9 Å². The normalized spacial score (nSPS) is 27.9. The predicted octanol–water partition coefficient (Wildman–Crippen LogP) is 2.71. The molecule has 1 aromatic carbocycles. The number of nitrogens with zero attached hydrogens (tertiary/aromatic N) is 4. The van der Waals surface area contributed by atoms with E-state index in [-0.39, 0.29) is 24.5 Å². The van der Waals surface area contributed by atoms with E-state index in [9.17, 15) is 0 Å². The zero-order valence-corrected chi connectivity index (χ0v) is 20.9. The van der Waals surface area contributed by atoms with Gasteiger partial charge in [-0.05, 0) is 66.0 Å². The molecule has 9 heteroatoms. The Morgan fingerprint density at radius 3 is 2.74 bits per heavy atom. The van der Waals surface area contributed by atoms with Gasteiger partial charge in [0.15, 0.2) is 5.84 Å². The Balaban J connectivity index is 1.71. The van der Waals surface area contributed by atoms with Crippen molar-refractivity contribution in [3.05, 3.63) is 28.2 Å². The van der Waals surface area contributed by atoms with E-state index in [4.69, 9.17) is 0 Å². The molecule has 0 spiro atoms. The first-order valence-corrected chi connectivity index (χ1v) is 12.4. The van der Waals surface area contributed by atoms with Gasteiger partial charge in [-0.15, -0.1) is 10.6 Å². The zero-order chi connectivity index (χ0) is 22.1. The van der Waals surface area contributed by atoms with Gasteiger partial charge in [-0.2, -0.15) is 0 Å². The van der Waals surface area contributed by atoms with E-state index < -0.39 is 0 Å². The maximum atomic E-state index is 4.55. The quantitative estimate of drug-likeness (QED) is 0.466. The number of anilines is 1. The second-order valence-electron chi connectivity index (χ2n) is 9.03. The molecule has 0 bridgehead atoms. The number of piperazine rings is 1. The molecule has 3 heterocycles. The lowest BCUT2D eigenvalue weighted by Gasteiger charge is -2.56. The Kier molecular flexibility index (Phi) is 7.07. The predicted molar refractivity (Wildman–Crippen MR) is 130 cm³/mol. The summed E-state index contributed by atoms with van der Waals surface area (Å²) in [6, 6.07) is 6.91. The lowest BCUT2D eigenvalue weighted by Crippen LogP contribution is -2.81. The number of hydrogen-bond acceptors (Lipinski definition) is 8. The summed E-state index contributed by atoms with van der Waals surface area (Å²) < 4.78 is 1.13. The highest BCUT2D eigenvalue weighted by atomic mass is 79.9. The summed E-state index contributed by atoms with van der Waals surface area (Å²) >= 11 is 3.87. The number of unbranched alkanes of at least 4 members (excludes halogenated alkanes) is 1. The van der Waals surface area contributed by atoms with Crippen LogP contribution in [0.5, 0.6) is 0 Å². The molecule has 3 aliphatic heterocycles. The van der Waals surface area contributed by atoms with Gasteiger partial charge in [-0.25, -0.2) is 5.53 Å². The molecule has 4 N–H and O–H groups in total. The first kappa shape index (κ1) is 22.8. The number of benzene rings is 1. The van der Waals surface area contributed by atoms with Crippen LogP contribution in [0, 0.1) is 0 Å². The van der Waals surface area contributed by atoms with Crippen molar-refractivity contribution in [1.82, 2.24) is 31.6 Å². The number of rotatable bonds is 7. The molecule has 0 saturated carbocycles. The van der Waals surface area contributed by atoms with Crippen molar-refractivity contribution in [1.29, 1.82) is 0 Å². The highest BCUT2D eigenvalue weighted by molar-refractivity contribution is 9.10. The third kappa shape index (κ3) is 4.43. The van der Waals surface area contributed by atoms with Crippen LogP contribution in [0.4, 0.5) is 5.69 Å². The first-order chi connectivity index (χ1) is 14.9. The van der Waals surface area contributed by atoms with Crippen LogP contribution in [0.3, 0.4) is 0 Å². The average Bonchev–Trinajstić information content (AvgIpc) is 3.21. The number of halogens is 1. The second-order valence-corrected chi connectivity index (χ2v) is 9.89. The minimum absolute atomic E-state index is 0.129. The van der Waals surface area contributed by atoms with Crippen molar-refractivity contribution >= 4 is 27.5 Å². The fourth-order valence-electron chi connectivity index (χ4n) is 4.88. The van der Waals surface area contributed by atoms with Gasteiger partial charge in [0.1, 0.15) is 12.2 Å². The fraction of sp³-hybridized carbons (Fsp3) is 0.682. The van der Waals surface area contributed by atoms with E-state index in [0.29, 0.717) is 5.92 Å².